The Morgan fingerprint density at radius 1 is 1.25 bits per heavy atom. The minimum atomic E-state index is 0.467. The summed E-state index contributed by atoms with van der Waals surface area (Å²) in [4.78, 5) is 0. The molecule has 0 saturated carbocycles. The molecule has 20 heavy (non-hydrogen) atoms. The SMILES string of the molecule is CCCNC(CC)c1ccn(Cc2cnn(CC)c2)c1. The van der Waals surface area contributed by atoms with Gasteiger partial charge in [-0.15, -0.1) is 0 Å². The first kappa shape index (κ1) is 14.9. The molecule has 4 nitrogen and oxygen atoms in total. The maximum absolute atomic E-state index is 4.32. The second kappa shape index (κ2) is 7.29. The molecule has 0 aliphatic heterocycles. The fraction of sp³-hybridized carbons (Fsp3) is 0.562. The van der Waals surface area contributed by atoms with Crippen molar-refractivity contribution in [2.75, 3.05) is 6.54 Å². The highest BCUT2D eigenvalue weighted by atomic mass is 15.3. The minimum absolute atomic E-state index is 0.467. The zero-order valence-electron chi connectivity index (χ0n) is 12.8. The van der Waals surface area contributed by atoms with Gasteiger partial charge in [0.05, 0.1) is 12.7 Å². The number of hydrogen-bond acceptors (Lipinski definition) is 2. The molecule has 1 atom stereocenters. The molecule has 1 N–H and O–H groups in total. The Morgan fingerprint density at radius 2 is 2.10 bits per heavy atom. The van der Waals surface area contributed by atoms with Gasteiger partial charge in [0.1, 0.15) is 0 Å². The third kappa shape index (κ3) is 3.73. The van der Waals surface area contributed by atoms with E-state index in [9.17, 15) is 0 Å². The van der Waals surface area contributed by atoms with E-state index in [1.807, 2.05) is 10.9 Å². The Morgan fingerprint density at radius 3 is 2.75 bits per heavy atom. The van der Waals surface area contributed by atoms with Crippen LogP contribution >= 0.6 is 0 Å². The van der Waals surface area contributed by atoms with Crippen LogP contribution in [0, 0.1) is 0 Å². The summed E-state index contributed by atoms with van der Waals surface area (Å²) in [5.41, 5.74) is 2.63. The quantitative estimate of drug-likeness (QED) is 0.802. The van der Waals surface area contributed by atoms with E-state index in [2.05, 4.69) is 60.4 Å². The number of nitrogens with one attached hydrogen (secondary N) is 1. The first-order valence-electron chi connectivity index (χ1n) is 7.67. The molecular formula is C16H26N4. The van der Waals surface area contributed by atoms with Crippen LogP contribution in [0.25, 0.3) is 0 Å². The van der Waals surface area contributed by atoms with Crippen LogP contribution in [-0.4, -0.2) is 20.9 Å². The van der Waals surface area contributed by atoms with Crippen LogP contribution in [0.4, 0.5) is 0 Å². The first-order valence-corrected chi connectivity index (χ1v) is 7.67. The van der Waals surface area contributed by atoms with Gasteiger partial charge in [-0.1, -0.05) is 13.8 Å². The van der Waals surface area contributed by atoms with E-state index in [-0.39, 0.29) is 0 Å². The van der Waals surface area contributed by atoms with Crippen LogP contribution in [-0.2, 0) is 13.1 Å². The van der Waals surface area contributed by atoms with E-state index < -0.39 is 0 Å². The van der Waals surface area contributed by atoms with E-state index in [4.69, 9.17) is 0 Å². The number of aryl methyl sites for hydroxylation is 1. The van der Waals surface area contributed by atoms with Crippen molar-refractivity contribution in [3.8, 4) is 0 Å². The van der Waals surface area contributed by atoms with E-state index in [1.54, 1.807) is 0 Å². The largest absolute Gasteiger partial charge is 0.349 e. The Balaban J connectivity index is 2.00. The summed E-state index contributed by atoms with van der Waals surface area (Å²) >= 11 is 0. The second-order valence-corrected chi connectivity index (χ2v) is 5.24. The molecule has 0 saturated heterocycles. The van der Waals surface area contributed by atoms with Crippen LogP contribution < -0.4 is 5.32 Å². The molecule has 0 aromatic carbocycles. The molecule has 0 amide bonds. The zero-order chi connectivity index (χ0) is 14.4. The summed E-state index contributed by atoms with van der Waals surface area (Å²) in [5.74, 6) is 0. The summed E-state index contributed by atoms with van der Waals surface area (Å²) < 4.78 is 4.21. The van der Waals surface area contributed by atoms with Crippen molar-refractivity contribution >= 4 is 0 Å². The maximum atomic E-state index is 4.32. The summed E-state index contributed by atoms with van der Waals surface area (Å²) in [5, 5.41) is 7.92. The summed E-state index contributed by atoms with van der Waals surface area (Å²) in [7, 11) is 0. The lowest BCUT2D eigenvalue weighted by molar-refractivity contribution is 0.517. The molecule has 0 radical (unpaired) electrons. The lowest BCUT2D eigenvalue weighted by Crippen LogP contribution is -2.21. The highest BCUT2D eigenvalue weighted by Crippen LogP contribution is 2.17. The molecule has 0 aliphatic carbocycles. The standard InChI is InChI=1S/C16H26N4/c1-4-8-17-16(5-2)15-7-9-19(13-15)11-14-10-18-20(6-3)12-14/h7,9-10,12-13,16-17H,4-6,8,11H2,1-3H3. The molecule has 2 aromatic heterocycles. The molecular weight excluding hydrogens is 248 g/mol. The molecule has 2 heterocycles. The Hall–Kier alpha value is -1.55. The topological polar surface area (TPSA) is 34.8 Å². The fourth-order valence-electron chi connectivity index (χ4n) is 2.45. The van der Waals surface area contributed by atoms with Crippen LogP contribution in [0.1, 0.15) is 50.8 Å². The molecule has 2 aromatic rings. The van der Waals surface area contributed by atoms with Gasteiger partial charge >= 0.3 is 0 Å². The van der Waals surface area contributed by atoms with E-state index in [0.717, 1.165) is 26.1 Å². The average Bonchev–Trinajstić information content (AvgIpc) is 3.10. The van der Waals surface area contributed by atoms with Gasteiger partial charge in [-0.2, -0.15) is 5.10 Å². The second-order valence-electron chi connectivity index (χ2n) is 5.24. The zero-order valence-corrected chi connectivity index (χ0v) is 12.8. The molecule has 110 valence electrons. The molecule has 0 aliphatic rings. The van der Waals surface area contributed by atoms with E-state index in [1.165, 1.54) is 17.5 Å². The van der Waals surface area contributed by atoms with Gasteiger partial charge in [-0.3, -0.25) is 4.68 Å². The lowest BCUT2D eigenvalue weighted by Gasteiger charge is -2.15. The van der Waals surface area contributed by atoms with Crippen LogP contribution in [0.5, 0.6) is 0 Å². The highest BCUT2D eigenvalue weighted by Gasteiger charge is 2.09. The van der Waals surface area contributed by atoms with Crippen molar-refractivity contribution in [1.82, 2.24) is 19.7 Å². The van der Waals surface area contributed by atoms with Gasteiger partial charge in [0.2, 0.25) is 0 Å². The Bertz CT molecular complexity index is 512. The van der Waals surface area contributed by atoms with Gasteiger partial charge < -0.3 is 9.88 Å². The molecule has 4 heteroatoms. The third-order valence-corrected chi connectivity index (χ3v) is 3.60. The van der Waals surface area contributed by atoms with E-state index >= 15 is 0 Å². The van der Waals surface area contributed by atoms with Crippen molar-refractivity contribution in [2.45, 2.75) is 52.7 Å². The van der Waals surface area contributed by atoms with E-state index in [0.29, 0.717) is 6.04 Å². The summed E-state index contributed by atoms with van der Waals surface area (Å²) in [6, 6.07) is 2.69. The van der Waals surface area contributed by atoms with Gasteiger partial charge in [-0.25, -0.2) is 0 Å². The van der Waals surface area contributed by atoms with Crippen molar-refractivity contribution in [3.63, 3.8) is 0 Å². The average molecular weight is 274 g/mol. The molecule has 1 unspecified atom stereocenters. The minimum Gasteiger partial charge on any atom is -0.349 e. The van der Waals surface area contributed by atoms with Gasteiger partial charge in [0, 0.05) is 36.7 Å². The monoisotopic (exact) mass is 274 g/mol. The van der Waals surface area contributed by atoms with Crippen LogP contribution in [0.2, 0.25) is 0 Å². The molecule has 0 spiro atoms. The van der Waals surface area contributed by atoms with Crippen molar-refractivity contribution in [3.05, 3.63) is 42.0 Å². The predicted molar refractivity (Wildman–Crippen MR) is 82.8 cm³/mol. The van der Waals surface area contributed by atoms with Crippen molar-refractivity contribution in [2.24, 2.45) is 0 Å². The third-order valence-electron chi connectivity index (χ3n) is 3.60. The van der Waals surface area contributed by atoms with Gasteiger partial charge in [0.25, 0.3) is 0 Å². The first-order chi connectivity index (χ1) is 9.76. The normalized spacial score (nSPS) is 12.8. The van der Waals surface area contributed by atoms with Gasteiger partial charge in [0.15, 0.2) is 0 Å². The fourth-order valence-corrected chi connectivity index (χ4v) is 2.45. The summed E-state index contributed by atoms with van der Waals surface area (Å²) in [6.07, 6.45) is 10.8. The maximum Gasteiger partial charge on any atom is 0.0539 e. The Labute approximate surface area is 121 Å². The van der Waals surface area contributed by atoms with Crippen LogP contribution in [0.3, 0.4) is 0 Å². The van der Waals surface area contributed by atoms with Crippen molar-refractivity contribution in [1.29, 1.82) is 0 Å². The number of aromatic nitrogens is 3. The highest BCUT2D eigenvalue weighted by molar-refractivity contribution is 5.17. The number of hydrogen-bond donors (Lipinski definition) is 1. The Kier molecular flexibility index (Phi) is 5.41. The molecule has 0 fully saturated rings. The lowest BCUT2D eigenvalue weighted by atomic mass is 10.1. The molecule has 2 rings (SSSR count). The smallest absolute Gasteiger partial charge is 0.0539 e. The van der Waals surface area contributed by atoms with Gasteiger partial charge in [-0.05, 0) is 37.9 Å². The number of rotatable bonds is 8. The predicted octanol–water partition coefficient (Wildman–Crippen LogP) is 3.20. The number of nitrogens with zero attached hydrogens (tertiary/aromatic N) is 3. The summed E-state index contributed by atoms with van der Waals surface area (Å²) in [6.45, 7) is 9.44. The molecule has 0 bridgehead atoms. The van der Waals surface area contributed by atoms with Crippen molar-refractivity contribution < 1.29 is 0 Å². The van der Waals surface area contributed by atoms with Crippen LogP contribution in [0.15, 0.2) is 30.9 Å².